The quantitative estimate of drug-likeness (QED) is 0.632. The number of pyridine rings is 1. The maximum Gasteiger partial charge on any atom is 0.408 e. The zero-order valence-electron chi connectivity index (χ0n) is 18.2. The molecule has 1 aliphatic carbocycles. The van der Waals surface area contributed by atoms with Crippen LogP contribution < -0.4 is 5.32 Å². The Kier molecular flexibility index (Phi) is 6.44. The van der Waals surface area contributed by atoms with Crippen LogP contribution in [-0.2, 0) is 11.2 Å². The molecule has 3 heterocycles. The van der Waals surface area contributed by atoms with Gasteiger partial charge >= 0.3 is 6.18 Å². The Labute approximate surface area is 181 Å². The minimum absolute atomic E-state index is 0.0486. The lowest BCUT2D eigenvalue weighted by Crippen LogP contribution is -2.60. The molecule has 6 nitrogen and oxygen atoms in total. The van der Waals surface area contributed by atoms with Crippen LogP contribution in [0.4, 0.5) is 13.2 Å². The van der Waals surface area contributed by atoms with Crippen molar-refractivity contribution in [2.45, 2.75) is 51.4 Å². The second-order valence-corrected chi connectivity index (χ2v) is 9.11. The van der Waals surface area contributed by atoms with Gasteiger partial charge < -0.3 is 14.5 Å². The lowest BCUT2D eigenvalue weighted by Gasteiger charge is -2.44. The van der Waals surface area contributed by atoms with Crippen LogP contribution in [0.3, 0.4) is 0 Å². The van der Waals surface area contributed by atoms with Gasteiger partial charge in [-0.05, 0) is 49.1 Å². The van der Waals surface area contributed by atoms with E-state index in [0.717, 1.165) is 12.2 Å². The van der Waals surface area contributed by atoms with Gasteiger partial charge in [0.2, 0.25) is 0 Å². The molecule has 31 heavy (non-hydrogen) atoms. The molecule has 2 unspecified atom stereocenters. The Morgan fingerprint density at radius 1 is 1.39 bits per heavy atom. The van der Waals surface area contributed by atoms with Crippen LogP contribution >= 0.6 is 0 Å². The average Bonchev–Trinajstić information content (AvgIpc) is 3.33. The molecule has 1 N–H and O–H groups in total. The fourth-order valence-corrected chi connectivity index (χ4v) is 4.87. The summed E-state index contributed by atoms with van der Waals surface area (Å²) in [7, 11) is 0. The molecule has 9 heteroatoms. The molecule has 0 spiro atoms. The lowest BCUT2D eigenvalue weighted by molar-refractivity contribution is -0.180. The third kappa shape index (κ3) is 4.98. The molecule has 0 radical (unpaired) electrons. The van der Waals surface area contributed by atoms with Crippen molar-refractivity contribution in [1.29, 1.82) is 0 Å². The fourth-order valence-electron chi connectivity index (χ4n) is 4.87. The zero-order valence-corrected chi connectivity index (χ0v) is 18.2. The van der Waals surface area contributed by atoms with Gasteiger partial charge in [-0.25, -0.2) is 4.99 Å². The highest BCUT2D eigenvalue weighted by Gasteiger charge is 2.59. The van der Waals surface area contributed by atoms with Crippen molar-refractivity contribution < 1.29 is 17.9 Å². The minimum Gasteiger partial charge on any atom is -0.376 e. The van der Waals surface area contributed by atoms with Gasteiger partial charge in [-0.3, -0.25) is 10.3 Å². The van der Waals surface area contributed by atoms with Crippen molar-refractivity contribution in [3.05, 3.63) is 30.1 Å². The van der Waals surface area contributed by atoms with Crippen molar-refractivity contribution in [2.24, 2.45) is 16.3 Å². The van der Waals surface area contributed by atoms with Gasteiger partial charge in [0.1, 0.15) is 6.04 Å². The van der Waals surface area contributed by atoms with E-state index in [1.165, 1.54) is 11.3 Å². The normalized spacial score (nSPS) is 31.9. The number of rotatable bonds is 8. The van der Waals surface area contributed by atoms with Crippen molar-refractivity contribution in [3.8, 4) is 0 Å². The molecule has 172 valence electrons. The summed E-state index contributed by atoms with van der Waals surface area (Å²) >= 11 is 0. The van der Waals surface area contributed by atoms with E-state index in [1.807, 2.05) is 17.9 Å². The molecule has 1 aromatic rings. The number of guanidine groups is 1. The molecular formula is C22H32F3N5O. The van der Waals surface area contributed by atoms with E-state index in [1.54, 1.807) is 18.5 Å². The smallest absolute Gasteiger partial charge is 0.376 e. The molecule has 4 rings (SSSR count). The van der Waals surface area contributed by atoms with Crippen LogP contribution in [-0.4, -0.2) is 78.5 Å². The minimum atomic E-state index is -4.29. The number of aromatic nitrogens is 1. The molecule has 2 saturated heterocycles. The van der Waals surface area contributed by atoms with Gasteiger partial charge in [0.25, 0.3) is 0 Å². The molecule has 0 amide bonds. The number of nitrogens with one attached hydrogen (secondary N) is 1. The molecule has 4 atom stereocenters. The van der Waals surface area contributed by atoms with Gasteiger partial charge in [0.15, 0.2) is 5.96 Å². The van der Waals surface area contributed by atoms with E-state index in [2.05, 4.69) is 22.2 Å². The number of hydrogen-bond acceptors (Lipinski definition) is 4. The summed E-state index contributed by atoms with van der Waals surface area (Å²) in [6.45, 7) is 7.19. The first-order valence-corrected chi connectivity index (χ1v) is 11.2. The summed E-state index contributed by atoms with van der Waals surface area (Å²) in [6.07, 6.45) is 0.995. The van der Waals surface area contributed by atoms with Crippen molar-refractivity contribution in [1.82, 2.24) is 20.1 Å². The SMILES string of the molecule is CCN1CC[C@@H](C(F)(F)F)N(CCc2cccnc2)/C1=N/CNC[C@H]1OCC2(C)CC12. The fraction of sp³-hybridized carbons (Fsp3) is 0.727. The van der Waals surface area contributed by atoms with Gasteiger partial charge in [-0.1, -0.05) is 13.0 Å². The molecule has 0 bridgehead atoms. The van der Waals surface area contributed by atoms with Crippen molar-refractivity contribution in [3.63, 3.8) is 0 Å². The number of halogens is 3. The molecule has 3 aliphatic rings. The van der Waals surface area contributed by atoms with E-state index >= 15 is 0 Å². The number of fused-ring (bicyclic) bond motifs is 1. The summed E-state index contributed by atoms with van der Waals surface area (Å²) in [5.74, 6) is 1.02. The third-order valence-corrected chi connectivity index (χ3v) is 6.89. The monoisotopic (exact) mass is 439 g/mol. The number of ether oxygens (including phenoxy) is 1. The van der Waals surface area contributed by atoms with Crippen LogP contribution in [0.2, 0.25) is 0 Å². The topological polar surface area (TPSA) is 53.0 Å². The Morgan fingerprint density at radius 2 is 2.23 bits per heavy atom. The predicted molar refractivity (Wildman–Crippen MR) is 113 cm³/mol. The number of hydrogen-bond donors (Lipinski definition) is 1. The molecule has 2 aliphatic heterocycles. The summed E-state index contributed by atoms with van der Waals surface area (Å²) in [5, 5.41) is 3.28. The molecular weight excluding hydrogens is 407 g/mol. The van der Waals surface area contributed by atoms with Crippen LogP contribution in [0.1, 0.15) is 32.3 Å². The average molecular weight is 440 g/mol. The predicted octanol–water partition coefficient (Wildman–Crippen LogP) is 2.91. The van der Waals surface area contributed by atoms with Gasteiger partial charge in [-0.2, -0.15) is 13.2 Å². The number of nitrogens with zero attached hydrogens (tertiary/aromatic N) is 4. The first kappa shape index (κ1) is 22.3. The molecule has 1 aromatic heterocycles. The third-order valence-electron chi connectivity index (χ3n) is 6.89. The highest BCUT2D eigenvalue weighted by molar-refractivity contribution is 5.81. The van der Waals surface area contributed by atoms with E-state index in [4.69, 9.17) is 4.74 Å². The second-order valence-electron chi connectivity index (χ2n) is 9.11. The second kappa shape index (κ2) is 8.94. The van der Waals surface area contributed by atoms with Gasteiger partial charge in [0, 0.05) is 38.6 Å². The zero-order chi connectivity index (χ0) is 22.1. The van der Waals surface area contributed by atoms with Crippen molar-refractivity contribution in [2.75, 3.05) is 39.5 Å². The van der Waals surface area contributed by atoms with E-state index < -0.39 is 12.2 Å². The standard InChI is InChI=1S/C22H32F3N5O/c1-3-29-9-7-19(22(23,24)25)30(10-6-16-5-4-8-26-12-16)20(29)28-15-27-13-18-17-11-21(17,2)14-31-18/h4-5,8,12,17-19,27H,3,6-7,9-11,13-15H2,1-2H3/b28-20+/t17?,18-,19+,21?/m1/s1. The number of aliphatic imine (C=N–C) groups is 1. The van der Waals surface area contributed by atoms with E-state index in [0.29, 0.717) is 43.3 Å². The first-order valence-electron chi connectivity index (χ1n) is 11.2. The van der Waals surface area contributed by atoms with Gasteiger partial charge in [-0.15, -0.1) is 0 Å². The maximum absolute atomic E-state index is 13.8. The summed E-state index contributed by atoms with van der Waals surface area (Å²) < 4.78 is 47.4. The Hall–Kier alpha value is -1.87. The summed E-state index contributed by atoms with van der Waals surface area (Å²) in [6, 6.07) is 2.18. The molecule has 3 fully saturated rings. The Morgan fingerprint density at radius 3 is 2.84 bits per heavy atom. The first-order chi connectivity index (χ1) is 14.8. The lowest BCUT2D eigenvalue weighted by atomic mass is 10.1. The summed E-state index contributed by atoms with van der Waals surface area (Å²) in [5.41, 5.74) is 1.25. The highest BCUT2D eigenvalue weighted by Crippen LogP contribution is 2.59. The highest BCUT2D eigenvalue weighted by atomic mass is 19.4. The van der Waals surface area contributed by atoms with Crippen molar-refractivity contribution >= 4 is 5.96 Å². The van der Waals surface area contributed by atoms with Crippen LogP contribution in [0.25, 0.3) is 0 Å². The summed E-state index contributed by atoms with van der Waals surface area (Å²) in [4.78, 5) is 12.0. The molecule has 1 saturated carbocycles. The molecule has 0 aromatic carbocycles. The Balaban J connectivity index is 1.43. The largest absolute Gasteiger partial charge is 0.408 e. The van der Waals surface area contributed by atoms with E-state index in [9.17, 15) is 13.2 Å². The van der Waals surface area contributed by atoms with Gasteiger partial charge in [0.05, 0.1) is 19.4 Å². The van der Waals surface area contributed by atoms with Crippen LogP contribution in [0.5, 0.6) is 0 Å². The maximum atomic E-state index is 13.8. The van der Waals surface area contributed by atoms with Crippen LogP contribution in [0.15, 0.2) is 29.5 Å². The van der Waals surface area contributed by atoms with E-state index in [-0.39, 0.29) is 25.7 Å². The number of alkyl halides is 3. The Bertz CT molecular complexity index is 774. The van der Waals surface area contributed by atoms with Crippen LogP contribution in [0, 0.1) is 11.3 Å².